The van der Waals surface area contributed by atoms with Crippen molar-refractivity contribution < 1.29 is 0 Å². The first-order valence-electron chi connectivity index (χ1n) is 8.86. The van der Waals surface area contributed by atoms with Crippen molar-refractivity contribution in [2.45, 2.75) is 76.8 Å². The van der Waals surface area contributed by atoms with Gasteiger partial charge in [-0.2, -0.15) is 0 Å². The lowest BCUT2D eigenvalue weighted by Crippen LogP contribution is -2.50. The van der Waals surface area contributed by atoms with Gasteiger partial charge < -0.3 is 5.32 Å². The molecule has 0 spiro atoms. The average molecular weight is 264 g/mol. The minimum Gasteiger partial charge on any atom is -0.313 e. The Morgan fingerprint density at radius 3 is 2.21 bits per heavy atom. The van der Waals surface area contributed by atoms with Gasteiger partial charge in [0.05, 0.1) is 0 Å². The number of fused-ring (bicyclic) bond motifs is 1. The number of hydrogen-bond donors (Lipinski definition) is 1. The highest BCUT2D eigenvalue weighted by molar-refractivity contribution is 4.95. The van der Waals surface area contributed by atoms with Crippen molar-refractivity contribution in [1.82, 2.24) is 10.2 Å². The second-order valence-corrected chi connectivity index (χ2v) is 7.13. The smallest absolute Gasteiger partial charge is 0.0249 e. The van der Waals surface area contributed by atoms with Crippen LogP contribution in [0.4, 0.5) is 0 Å². The van der Waals surface area contributed by atoms with Crippen molar-refractivity contribution in [2.24, 2.45) is 11.8 Å². The monoisotopic (exact) mass is 264 g/mol. The Balaban J connectivity index is 1.64. The van der Waals surface area contributed by atoms with E-state index in [-0.39, 0.29) is 0 Å². The lowest BCUT2D eigenvalue weighted by Gasteiger charge is -2.37. The van der Waals surface area contributed by atoms with Crippen LogP contribution in [0.5, 0.6) is 0 Å². The summed E-state index contributed by atoms with van der Waals surface area (Å²) in [6, 6.07) is 1.61. The number of nitrogens with zero attached hydrogens (tertiary/aromatic N) is 1. The van der Waals surface area contributed by atoms with E-state index in [0.29, 0.717) is 0 Å². The number of likely N-dealkylation sites (N-methyl/N-ethyl adjacent to an activating group) is 1. The van der Waals surface area contributed by atoms with Crippen LogP contribution >= 0.6 is 0 Å². The standard InChI is InChI=1S/C17H32N2/c1-2-18-16-10-5-3-4-6-11-17(16)19-12-14-8-7-9-15(14)13-19/h14-18H,2-13H2,1H3. The van der Waals surface area contributed by atoms with E-state index in [4.69, 9.17) is 0 Å². The molecule has 110 valence electrons. The molecule has 2 nitrogen and oxygen atoms in total. The molecule has 1 saturated heterocycles. The fourth-order valence-electron chi connectivity index (χ4n) is 4.94. The third-order valence-electron chi connectivity index (χ3n) is 5.92. The molecule has 0 amide bonds. The van der Waals surface area contributed by atoms with Crippen molar-refractivity contribution in [1.29, 1.82) is 0 Å². The quantitative estimate of drug-likeness (QED) is 0.840. The molecular weight excluding hydrogens is 232 g/mol. The molecule has 1 N–H and O–H groups in total. The van der Waals surface area contributed by atoms with E-state index in [0.717, 1.165) is 30.5 Å². The van der Waals surface area contributed by atoms with E-state index in [9.17, 15) is 0 Å². The molecule has 0 aromatic heterocycles. The first kappa shape index (κ1) is 13.9. The van der Waals surface area contributed by atoms with Crippen LogP contribution in [0.3, 0.4) is 0 Å². The normalized spacial score (nSPS) is 40.9. The fraction of sp³-hybridized carbons (Fsp3) is 1.00. The van der Waals surface area contributed by atoms with Gasteiger partial charge in [-0.15, -0.1) is 0 Å². The van der Waals surface area contributed by atoms with Crippen molar-refractivity contribution >= 4 is 0 Å². The summed E-state index contributed by atoms with van der Waals surface area (Å²) in [7, 11) is 0. The highest BCUT2D eigenvalue weighted by atomic mass is 15.2. The molecule has 0 radical (unpaired) electrons. The van der Waals surface area contributed by atoms with Gasteiger partial charge in [0, 0.05) is 25.2 Å². The summed E-state index contributed by atoms with van der Waals surface area (Å²) in [6.45, 7) is 6.24. The van der Waals surface area contributed by atoms with Gasteiger partial charge in [-0.05, 0) is 44.1 Å². The first-order chi connectivity index (χ1) is 9.38. The molecule has 1 heterocycles. The van der Waals surface area contributed by atoms with Crippen LogP contribution in [-0.2, 0) is 0 Å². The Kier molecular flexibility index (Phi) is 4.81. The topological polar surface area (TPSA) is 15.3 Å². The van der Waals surface area contributed by atoms with Crippen LogP contribution in [0, 0.1) is 11.8 Å². The Bertz CT molecular complexity index is 266. The lowest BCUT2D eigenvalue weighted by atomic mass is 9.91. The molecule has 0 aromatic rings. The van der Waals surface area contributed by atoms with Crippen molar-refractivity contribution in [3.8, 4) is 0 Å². The maximum absolute atomic E-state index is 3.80. The molecule has 2 heteroatoms. The third-order valence-corrected chi connectivity index (χ3v) is 5.92. The summed E-state index contributed by atoms with van der Waals surface area (Å²) >= 11 is 0. The zero-order valence-electron chi connectivity index (χ0n) is 12.7. The fourth-order valence-corrected chi connectivity index (χ4v) is 4.94. The number of nitrogens with one attached hydrogen (secondary N) is 1. The second-order valence-electron chi connectivity index (χ2n) is 7.13. The van der Waals surface area contributed by atoms with Crippen LogP contribution in [0.15, 0.2) is 0 Å². The van der Waals surface area contributed by atoms with E-state index in [1.165, 1.54) is 70.9 Å². The highest BCUT2D eigenvalue weighted by Crippen LogP contribution is 2.39. The summed E-state index contributed by atoms with van der Waals surface area (Å²) < 4.78 is 0. The van der Waals surface area contributed by atoms with E-state index >= 15 is 0 Å². The van der Waals surface area contributed by atoms with Gasteiger partial charge in [0.15, 0.2) is 0 Å². The summed E-state index contributed by atoms with van der Waals surface area (Å²) in [5.74, 6) is 2.10. The van der Waals surface area contributed by atoms with Crippen LogP contribution in [0.1, 0.15) is 64.7 Å². The number of likely N-dealkylation sites (tertiary alicyclic amines) is 1. The summed E-state index contributed by atoms with van der Waals surface area (Å²) in [6.07, 6.45) is 13.2. The SMILES string of the molecule is CCNC1CCCCCCC1N1CC2CCCC2C1. The lowest BCUT2D eigenvalue weighted by molar-refractivity contribution is 0.152. The van der Waals surface area contributed by atoms with E-state index < -0.39 is 0 Å². The second kappa shape index (κ2) is 6.58. The van der Waals surface area contributed by atoms with Crippen LogP contribution < -0.4 is 5.32 Å². The van der Waals surface area contributed by atoms with Crippen molar-refractivity contribution in [3.05, 3.63) is 0 Å². The molecule has 0 bridgehead atoms. The molecule has 4 unspecified atom stereocenters. The molecule has 1 aliphatic heterocycles. The molecule has 3 fully saturated rings. The predicted molar refractivity (Wildman–Crippen MR) is 81.4 cm³/mol. The van der Waals surface area contributed by atoms with E-state index in [1.54, 1.807) is 0 Å². The molecule has 19 heavy (non-hydrogen) atoms. The minimum absolute atomic E-state index is 0.768. The predicted octanol–water partition coefficient (Wildman–Crippen LogP) is 3.42. The Hall–Kier alpha value is -0.0800. The number of hydrogen-bond acceptors (Lipinski definition) is 2. The maximum atomic E-state index is 3.80. The molecule has 0 aromatic carbocycles. The van der Waals surface area contributed by atoms with Crippen LogP contribution in [0.25, 0.3) is 0 Å². The maximum Gasteiger partial charge on any atom is 0.0249 e. The van der Waals surface area contributed by atoms with E-state index in [1.807, 2.05) is 0 Å². The van der Waals surface area contributed by atoms with Crippen molar-refractivity contribution in [3.63, 3.8) is 0 Å². The van der Waals surface area contributed by atoms with Crippen molar-refractivity contribution in [2.75, 3.05) is 19.6 Å². The minimum atomic E-state index is 0.768. The Labute approximate surface area is 119 Å². The molecule has 4 atom stereocenters. The van der Waals surface area contributed by atoms with Gasteiger partial charge in [-0.25, -0.2) is 0 Å². The first-order valence-corrected chi connectivity index (χ1v) is 8.86. The Morgan fingerprint density at radius 2 is 1.53 bits per heavy atom. The van der Waals surface area contributed by atoms with Gasteiger partial charge in [0.1, 0.15) is 0 Å². The summed E-state index contributed by atoms with van der Waals surface area (Å²) in [5.41, 5.74) is 0. The van der Waals surface area contributed by atoms with Gasteiger partial charge >= 0.3 is 0 Å². The zero-order chi connectivity index (χ0) is 13.1. The van der Waals surface area contributed by atoms with Gasteiger partial charge in [-0.1, -0.05) is 39.0 Å². The van der Waals surface area contributed by atoms with E-state index in [2.05, 4.69) is 17.1 Å². The zero-order valence-corrected chi connectivity index (χ0v) is 12.7. The molecule has 3 aliphatic rings. The van der Waals surface area contributed by atoms with Gasteiger partial charge in [-0.3, -0.25) is 4.90 Å². The molecule has 2 saturated carbocycles. The molecule has 3 rings (SSSR count). The largest absolute Gasteiger partial charge is 0.313 e. The highest BCUT2D eigenvalue weighted by Gasteiger charge is 2.40. The average Bonchev–Trinajstić information content (AvgIpc) is 2.93. The Morgan fingerprint density at radius 1 is 0.842 bits per heavy atom. The molecule has 2 aliphatic carbocycles. The van der Waals surface area contributed by atoms with Crippen LogP contribution in [-0.4, -0.2) is 36.6 Å². The third kappa shape index (κ3) is 3.16. The summed E-state index contributed by atoms with van der Waals surface area (Å²) in [5, 5.41) is 3.80. The van der Waals surface area contributed by atoms with Gasteiger partial charge in [0.2, 0.25) is 0 Å². The van der Waals surface area contributed by atoms with Crippen LogP contribution in [0.2, 0.25) is 0 Å². The number of rotatable bonds is 3. The summed E-state index contributed by atoms with van der Waals surface area (Å²) in [4.78, 5) is 2.88. The molecular formula is C17H32N2. The van der Waals surface area contributed by atoms with Gasteiger partial charge in [0.25, 0.3) is 0 Å².